The number of halogens is 1. The summed E-state index contributed by atoms with van der Waals surface area (Å²) in [5.74, 6) is 0.201. The first-order valence-electron chi connectivity index (χ1n) is 8.19. The van der Waals surface area contributed by atoms with Gasteiger partial charge in [0.2, 0.25) is 0 Å². The smallest absolute Gasteiger partial charge is 0.337 e. The Morgan fingerprint density at radius 3 is 2.88 bits per heavy atom. The van der Waals surface area contributed by atoms with Crippen molar-refractivity contribution in [3.05, 3.63) is 58.6 Å². The number of rotatable bonds is 2. The molecule has 4 rings (SSSR count). The van der Waals surface area contributed by atoms with E-state index in [-0.39, 0.29) is 12.1 Å². The van der Waals surface area contributed by atoms with Gasteiger partial charge in [0.05, 0.1) is 24.4 Å². The third-order valence-electron chi connectivity index (χ3n) is 4.76. The third kappa shape index (κ3) is 2.57. The number of fused-ring (bicyclic) bond motifs is 4. The quantitative estimate of drug-likeness (QED) is 0.812. The molecule has 6 nitrogen and oxygen atoms in total. The molecule has 26 heavy (non-hydrogen) atoms. The van der Waals surface area contributed by atoms with Crippen LogP contribution >= 0.6 is 11.6 Å². The Labute approximate surface area is 155 Å². The highest BCUT2D eigenvalue weighted by Crippen LogP contribution is 2.46. The molecule has 0 saturated carbocycles. The van der Waals surface area contributed by atoms with Crippen molar-refractivity contribution >= 4 is 29.3 Å². The number of carbonyl (C=O) groups excluding carboxylic acids is 2. The summed E-state index contributed by atoms with van der Waals surface area (Å²) in [4.78, 5) is 26.2. The maximum absolute atomic E-state index is 12.8. The lowest BCUT2D eigenvalue weighted by Gasteiger charge is -2.50. The SMILES string of the molecule is COC(=O)c1ccc2c(c1)C1CC(C)(O2)N(c2cccc(Cl)c2)C(=O)N1. The second-order valence-electron chi connectivity index (χ2n) is 6.54. The Morgan fingerprint density at radius 1 is 1.35 bits per heavy atom. The van der Waals surface area contributed by atoms with Gasteiger partial charge in [-0.1, -0.05) is 17.7 Å². The van der Waals surface area contributed by atoms with E-state index in [1.165, 1.54) is 7.11 Å². The molecule has 2 aliphatic heterocycles. The zero-order valence-corrected chi connectivity index (χ0v) is 15.0. The fourth-order valence-electron chi connectivity index (χ4n) is 3.63. The second kappa shape index (κ2) is 5.92. The molecule has 2 unspecified atom stereocenters. The number of benzene rings is 2. The van der Waals surface area contributed by atoms with Gasteiger partial charge in [-0.2, -0.15) is 0 Å². The summed E-state index contributed by atoms with van der Waals surface area (Å²) < 4.78 is 11.0. The molecule has 0 aliphatic carbocycles. The van der Waals surface area contributed by atoms with Crippen LogP contribution in [-0.2, 0) is 4.74 Å². The average Bonchev–Trinajstić information content (AvgIpc) is 2.60. The highest BCUT2D eigenvalue weighted by Gasteiger charge is 2.50. The van der Waals surface area contributed by atoms with Crippen LogP contribution < -0.4 is 15.0 Å². The Morgan fingerprint density at radius 2 is 2.15 bits per heavy atom. The van der Waals surface area contributed by atoms with Crippen LogP contribution in [0.5, 0.6) is 5.75 Å². The van der Waals surface area contributed by atoms with E-state index in [1.807, 2.05) is 13.0 Å². The van der Waals surface area contributed by atoms with E-state index in [9.17, 15) is 9.59 Å². The van der Waals surface area contributed by atoms with Crippen molar-refractivity contribution in [1.29, 1.82) is 0 Å². The molecule has 2 aliphatic rings. The second-order valence-corrected chi connectivity index (χ2v) is 6.98. The van der Waals surface area contributed by atoms with Crippen molar-refractivity contribution in [3.63, 3.8) is 0 Å². The van der Waals surface area contributed by atoms with Crippen molar-refractivity contribution in [1.82, 2.24) is 5.32 Å². The van der Waals surface area contributed by atoms with Crippen LogP contribution in [-0.4, -0.2) is 24.8 Å². The van der Waals surface area contributed by atoms with E-state index in [1.54, 1.807) is 41.3 Å². The number of esters is 1. The van der Waals surface area contributed by atoms with Crippen molar-refractivity contribution in [3.8, 4) is 5.75 Å². The molecule has 7 heteroatoms. The van der Waals surface area contributed by atoms with E-state index < -0.39 is 11.7 Å². The largest absolute Gasteiger partial charge is 0.467 e. The molecule has 2 aromatic rings. The first kappa shape index (κ1) is 16.7. The van der Waals surface area contributed by atoms with Crippen molar-refractivity contribution in [2.45, 2.75) is 25.1 Å². The average molecular weight is 373 g/mol. The number of hydrogen-bond donors (Lipinski definition) is 1. The van der Waals surface area contributed by atoms with Gasteiger partial charge in [0.1, 0.15) is 5.75 Å². The molecular weight excluding hydrogens is 356 g/mol. The number of carbonyl (C=O) groups is 2. The number of anilines is 1. The molecular formula is C19H17ClN2O4. The number of hydrogen-bond acceptors (Lipinski definition) is 4. The molecule has 2 aromatic carbocycles. The molecule has 0 aromatic heterocycles. The van der Waals surface area contributed by atoms with Gasteiger partial charge in [-0.15, -0.1) is 0 Å². The topological polar surface area (TPSA) is 67.9 Å². The van der Waals surface area contributed by atoms with Gasteiger partial charge in [-0.25, -0.2) is 9.59 Å². The molecule has 2 heterocycles. The minimum Gasteiger partial charge on any atom is -0.467 e. The van der Waals surface area contributed by atoms with E-state index >= 15 is 0 Å². The lowest BCUT2D eigenvalue weighted by molar-refractivity contribution is 0.0377. The summed E-state index contributed by atoms with van der Waals surface area (Å²) in [6.07, 6.45) is 0.531. The molecule has 2 atom stereocenters. The van der Waals surface area contributed by atoms with Gasteiger partial charge < -0.3 is 14.8 Å². The zero-order valence-electron chi connectivity index (χ0n) is 14.3. The van der Waals surface area contributed by atoms with Crippen LogP contribution in [0.1, 0.15) is 35.3 Å². The van der Waals surface area contributed by atoms with E-state index in [0.717, 1.165) is 5.56 Å². The standard InChI is InChI=1S/C19H17ClN2O4/c1-19-10-15(14-8-11(17(23)25-2)6-7-16(14)26-19)21-18(24)22(19)13-5-3-4-12(20)9-13/h3-9,15H,10H2,1-2H3,(H,21,24). The van der Waals surface area contributed by atoms with E-state index in [0.29, 0.717) is 28.4 Å². The summed E-state index contributed by atoms with van der Waals surface area (Å²) in [6.45, 7) is 1.87. The summed E-state index contributed by atoms with van der Waals surface area (Å²) in [6, 6.07) is 11.7. The highest BCUT2D eigenvalue weighted by molar-refractivity contribution is 6.30. The molecule has 2 amide bonds. The van der Waals surface area contributed by atoms with E-state index in [2.05, 4.69) is 5.32 Å². The number of amides is 2. The summed E-state index contributed by atoms with van der Waals surface area (Å²) >= 11 is 6.09. The molecule has 134 valence electrons. The number of ether oxygens (including phenoxy) is 2. The minimum absolute atomic E-state index is 0.253. The van der Waals surface area contributed by atoms with Gasteiger partial charge in [0, 0.05) is 17.0 Å². The zero-order chi connectivity index (χ0) is 18.5. The third-order valence-corrected chi connectivity index (χ3v) is 4.99. The molecule has 1 saturated heterocycles. The number of methoxy groups -OCH3 is 1. The summed E-state index contributed by atoms with van der Waals surface area (Å²) in [5.41, 5.74) is 0.984. The summed E-state index contributed by atoms with van der Waals surface area (Å²) in [5, 5.41) is 3.53. The molecule has 1 fully saturated rings. The van der Waals surface area contributed by atoms with Crippen LogP contribution in [0.15, 0.2) is 42.5 Å². The van der Waals surface area contributed by atoms with Gasteiger partial charge in [0.25, 0.3) is 0 Å². The van der Waals surface area contributed by atoms with Crippen LogP contribution in [0.3, 0.4) is 0 Å². The Hall–Kier alpha value is -2.73. The lowest BCUT2D eigenvalue weighted by Crippen LogP contribution is -2.65. The molecule has 0 spiro atoms. The van der Waals surface area contributed by atoms with Gasteiger partial charge in [-0.05, 0) is 43.3 Å². The molecule has 0 radical (unpaired) electrons. The van der Waals surface area contributed by atoms with E-state index in [4.69, 9.17) is 21.1 Å². The van der Waals surface area contributed by atoms with Gasteiger partial charge in [-0.3, -0.25) is 4.90 Å². The van der Waals surface area contributed by atoms with Crippen LogP contribution in [0.25, 0.3) is 0 Å². The predicted molar refractivity (Wildman–Crippen MR) is 96.6 cm³/mol. The minimum atomic E-state index is -0.864. The number of urea groups is 1. The van der Waals surface area contributed by atoms with Crippen molar-refractivity contribution in [2.24, 2.45) is 0 Å². The number of nitrogens with one attached hydrogen (secondary N) is 1. The Kier molecular flexibility index (Phi) is 3.80. The van der Waals surface area contributed by atoms with Gasteiger partial charge in [0.15, 0.2) is 5.72 Å². The Balaban J connectivity index is 1.76. The fourth-order valence-corrected chi connectivity index (χ4v) is 3.81. The Bertz CT molecular complexity index is 916. The van der Waals surface area contributed by atoms with Crippen LogP contribution in [0.4, 0.5) is 10.5 Å². The maximum atomic E-state index is 12.8. The summed E-state index contributed by atoms with van der Waals surface area (Å²) in [7, 11) is 1.33. The van der Waals surface area contributed by atoms with Crippen molar-refractivity contribution < 1.29 is 19.1 Å². The maximum Gasteiger partial charge on any atom is 0.337 e. The van der Waals surface area contributed by atoms with Gasteiger partial charge >= 0.3 is 12.0 Å². The first-order chi connectivity index (χ1) is 12.4. The lowest BCUT2D eigenvalue weighted by atomic mass is 9.89. The van der Waals surface area contributed by atoms with Crippen LogP contribution in [0, 0.1) is 0 Å². The monoisotopic (exact) mass is 372 g/mol. The number of nitrogens with zero attached hydrogens (tertiary/aromatic N) is 1. The fraction of sp³-hybridized carbons (Fsp3) is 0.263. The normalized spacial score (nSPS) is 23.6. The van der Waals surface area contributed by atoms with Crippen LogP contribution in [0.2, 0.25) is 5.02 Å². The highest BCUT2D eigenvalue weighted by atomic mass is 35.5. The molecule has 1 N–H and O–H groups in total. The van der Waals surface area contributed by atoms with Crippen molar-refractivity contribution in [2.75, 3.05) is 12.0 Å². The predicted octanol–water partition coefficient (Wildman–Crippen LogP) is 3.90. The molecule has 2 bridgehead atoms. The first-order valence-corrected chi connectivity index (χ1v) is 8.57.